The van der Waals surface area contributed by atoms with Gasteiger partial charge in [-0.1, -0.05) is 12.8 Å². The highest BCUT2D eigenvalue weighted by Gasteiger charge is 2.34. The minimum Gasteiger partial charge on any atom is -0.310 e. The van der Waals surface area contributed by atoms with E-state index in [1.165, 1.54) is 25.7 Å². The van der Waals surface area contributed by atoms with E-state index in [-0.39, 0.29) is 0 Å². The van der Waals surface area contributed by atoms with Crippen LogP contribution in [0, 0.1) is 0 Å². The largest absolute Gasteiger partial charge is 0.310 e. The Bertz CT molecular complexity index is 575. The summed E-state index contributed by atoms with van der Waals surface area (Å²) in [6.45, 7) is 0.976. The predicted octanol–water partition coefficient (Wildman–Crippen LogP) is 3.85. The number of alkyl halides is 1. The molecule has 19 heavy (non-hydrogen) atoms. The maximum atomic E-state index is 6.06. The first kappa shape index (κ1) is 13.3. The second kappa shape index (κ2) is 5.33. The maximum absolute atomic E-state index is 6.06. The molecule has 3 rings (SSSR count). The third-order valence-electron chi connectivity index (χ3n) is 4.10. The summed E-state index contributed by atoms with van der Waals surface area (Å²) in [6.07, 6.45) is 9.27. The van der Waals surface area contributed by atoms with Gasteiger partial charge < -0.3 is 4.57 Å². The van der Waals surface area contributed by atoms with Crippen molar-refractivity contribution in [3.63, 3.8) is 0 Å². The van der Waals surface area contributed by atoms with Crippen LogP contribution in [0.3, 0.4) is 0 Å². The van der Waals surface area contributed by atoms with Gasteiger partial charge in [-0.2, -0.15) is 11.8 Å². The molecule has 0 amide bonds. The average molecular weight is 296 g/mol. The summed E-state index contributed by atoms with van der Waals surface area (Å²) in [6, 6.07) is 3.94. The maximum Gasteiger partial charge on any atom is 0.160 e. The Morgan fingerprint density at radius 3 is 2.89 bits per heavy atom. The summed E-state index contributed by atoms with van der Waals surface area (Å²) in [4.78, 5) is 9.09. The van der Waals surface area contributed by atoms with Crippen LogP contribution < -0.4 is 0 Å². The van der Waals surface area contributed by atoms with E-state index in [2.05, 4.69) is 20.8 Å². The Hall–Kier alpha value is -0.740. The predicted molar refractivity (Wildman–Crippen MR) is 81.8 cm³/mol. The Morgan fingerprint density at radius 1 is 1.42 bits per heavy atom. The fourth-order valence-electron chi connectivity index (χ4n) is 3.01. The van der Waals surface area contributed by atoms with Gasteiger partial charge in [-0.05, 0) is 31.2 Å². The van der Waals surface area contributed by atoms with Crippen molar-refractivity contribution in [3.8, 4) is 0 Å². The van der Waals surface area contributed by atoms with Crippen molar-refractivity contribution in [2.45, 2.75) is 42.9 Å². The van der Waals surface area contributed by atoms with Gasteiger partial charge in [0.05, 0.1) is 5.88 Å². The van der Waals surface area contributed by atoms with E-state index in [0.29, 0.717) is 10.6 Å². The van der Waals surface area contributed by atoms with Crippen LogP contribution in [0.15, 0.2) is 18.3 Å². The number of halogens is 1. The van der Waals surface area contributed by atoms with Gasteiger partial charge >= 0.3 is 0 Å². The molecule has 0 radical (unpaired) electrons. The fraction of sp³-hybridized carbons (Fsp3) is 0.571. The molecule has 2 aromatic heterocycles. The number of nitrogens with zero attached hydrogens (tertiary/aromatic N) is 3. The summed E-state index contributed by atoms with van der Waals surface area (Å²) in [5.74, 6) is 1.39. The van der Waals surface area contributed by atoms with E-state index in [4.69, 9.17) is 11.6 Å². The lowest BCUT2D eigenvalue weighted by Gasteiger charge is -2.28. The van der Waals surface area contributed by atoms with Gasteiger partial charge in [-0.15, -0.1) is 11.6 Å². The highest BCUT2D eigenvalue weighted by molar-refractivity contribution is 8.00. The first-order chi connectivity index (χ1) is 9.28. The van der Waals surface area contributed by atoms with Gasteiger partial charge in [-0.3, -0.25) is 0 Å². The molecule has 0 aliphatic heterocycles. The molecule has 1 aliphatic carbocycles. The topological polar surface area (TPSA) is 30.7 Å². The smallest absolute Gasteiger partial charge is 0.160 e. The summed E-state index contributed by atoms with van der Waals surface area (Å²) < 4.78 is 2.57. The highest BCUT2D eigenvalue weighted by Crippen LogP contribution is 2.42. The summed E-state index contributed by atoms with van der Waals surface area (Å²) in [5, 5.41) is 0. The van der Waals surface area contributed by atoms with Crippen molar-refractivity contribution < 1.29 is 0 Å². The monoisotopic (exact) mass is 295 g/mol. The quantitative estimate of drug-likeness (QED) is 0.803. The zero-order valence-electron chi connectivity index (χ0n) is 11.1. The van der Waals surface area contributed by atoms with Crippen LogP contribution >= 0.6 is 23.4 Å². The zero-order valence-corrected chi connectivity index (χ0v) is 12.7. The second-order valence-corrected chi connectivity index (χ2v) is 6.73. The van der Waals surface area contributed by atoms with Crippen molar-refractivity contribution in [2.24, 2.45) is 0 Å². The molecule has 0 atom stereocenters. The molecule has 2 aromatic rings. The minimum atomic E-state index is 0.339. The van der Waals surface area contributed by atoms with E-state index in [9.17, 15) is 0 Å². The van der Waals surface area contributed by atoms with Crippen LogP contribution in [0.5, 0.6) is 0 Å². The zero-order chi connectivity index (χ0) is 13.3. The van der Waals surface area contributed by atoms with Gasteiger partial charge in [-0.25, -0.2) is 9.97 Å². The Labute approximate surface area is 122 Å². The summed E-state index contributed by atoms with van der Waals surface area (Å²) >= 11 is 8.05. The van der Waals surface area contributed by atoms with Gasteiger partial charge in [0, 0.05) is 17.5 Å². The fourth-order valence-corrected chi connectivity index (χ4v) is 4.17. The SMILES string of the molecule is CSC1(Cn2c(CCl)nc3cccnc32)CCCC1. The van der Waals surface area contributed by atoms with E-state index in [1.54, 1.807) is 0 Å². The number of aromatic nitrogens is 3. The van der Waals surface area contributed by atoms with Crippen LogP contribution in [-0.2, 0) is 12.4 Å². The number of rotatable bonds is 4. The van der Waals surface area contributed by atoms with Crippen molar-refractivity contribution in [2.75, 3.05) is 6.26 Å². The number of thioether (sulfide) groups is 1. The van der Waals surface area contributed by atoms with Gasteiger partial charge in [0.1, 0.15) is 11.3 Å². The first-order valence-electron chi connectivity index (χ1n) is 6.69. The summed E-state index contributed by atoms with van der Waals surface area (Å²) in [7, 11) is 0. The molecule has 1 saturated carbocycles. The molecule has 3 nitrogen and oxygen atoms in total. The van der Waals surface area contributed by atoms with Crippen LogP contribution in [0.4, 0.5) is 0 Å². The second-order valence-electron chi connectivity index (χ2n) is 5.19. The third-order valence-corrected chi connectivity index (χ3v) is 5.74. The van der Waals surface area contributed by atoms with Crippen LogP contribution in [0.25, 0.3) is 11.2 Å². The standard InChI is InChI=1S/C14H18ClN3S/c1-19-14(6-2-3-7-14)10-18-12(9-15)17-11-5-4-8-16-13(11)18/h4-5,8H,2-3,6-7,9-10H2,1H3. The van der Waals surface area contributed by atoms with Gasteiger partial charge in [0.25, 0.3) is 0 Å². The van der Waals surface area contributed by atoms with Gasteiger partial charge in [0.15, 0.2) is 5.65 Å². The molecule has 0 spiro atoms. The van der Waals surface area contributed by atoms with Crippen molar-refractivity contribution in [1.82, 2.24) is 14.5 Å². The molecule has 2 heterocycles. The normalized spacial score (nSPS) is 18.2. The number of hydrogen-bond donors (Lipinski definition) is 0. The molecule has 1 aliphatic rings. The lowest BCUT2D eigenvalue weighted by molar-refractivity contribution is 0.503. The van der Waals surface area contributed by atoms with E-state index in [1.807, 2.05) is 30.1 Å². The molecule has 0 saturated heterocycles. The van der Waals surface area contributed by atoms with E-state index in [0.717, 1.165) is 23.5 Å². The average Bonchev–Trinajstić information content (AvgIpc) is 3.05. The summed E-state index contributed by atoms with van der Waals surface area (Å²) in [5.41, 5.74) is 1.92. The first-order valence-corrected chi connectivity index (χ1v) is 8.45. The van der Waals surface area contributed by atoms with Crippen molar-refractivity contribution in [3.05, 3.63) is 24.2 Å². The molecule has 0 bridgehead atoms. The number of imidazole rings is 1. The van der Waals surface area contributed by atoms with Crippen LogP contribution in [0.1, 0.15) is 31.5 Å². The lowest BCUT2D eigenvalue weighted by atomic mass is 10.1. The molecule has 0 unspecified atom stereocenters. The van der Waals surface area contributed by atoms with Gasteiger partial charge in [0.2, 0.25) is 0 Å². The third kappa shape index (κ3) is 2.36. The highest BCUT2D eigenvalue weighted by atomic mass is 35.5. The lowest BCUT2D eigenvalue weighted by Crippen LogP contribution is -2.27. The molecular weight excluding hydrogens is 278 g/mol. The van der Waals surface area contributed by atoms with Crippen molar-refractivity contribution in [1.29, 1.82) is 0 Å². The molecule has 5 heteroatoms. The Kier molecular flexibility index (Phi) is 3.72. The van der Waals surface area contributed by atoms with E-state index >= 15 is 0 Å². The Balaban J connectivity index is 2.03. The number of pyridine rings is 1. The Morgan fingerprint density at radius 2 is 2.21 bits per heavy atom. The molecule has 0 N–H and O–H groups in total. The van der Waals surface area contributed by atoms with Crippen LogP contribution in [-0.4, -0.2) is 25.5 Å². The molecule has 0 aromatic carbocycles. The van der Waals surface area contributed by atoms with Crippen molar-refractivity contribution >= 4 is 34.5 Å². The molecule has 102 valence electrons. The van der Waals surface area contributed by atoms with Crippen LogP contribution in [0.2, 0.25) is 0 Å². The molecular formula is C14H18ClN3S. The number of hydrogen-bond acceptors (Lipinski definition) is 3. The number of fused-ring (bicyclic) bond motifs is 1. The molecule has 1 fully saturated rings. The van der Waals surface area contributed by atoms with E-state index < -0.39 is 0 Å². The minimum absolute atomic E-state index is 0.339.